The van der Waals surface area contributed by atoms with Gasteiger partial charge in [-0.05, 0) is 42.0 Å². The van der Waals surface area contributed by atoms with Gasteiger partial charge in [-0.1, -0.05) is 30.3 Å². The molecule has 0 radical (unpaired) electrons. The normalized spacial score (nSPS) is 9.67. The average molecular weight is 341 g/mol. The minimum atomic E-state index is -0.162. The fourth-order valence-corrected chi connectivity index (χ4v) is 2.08. The summed E-state index contributed by atoms with van der Waals surface area (Å²) in [6, 6.07) is 20.6. The van der Waals surface area contributed by atoms with Gasteiger partial charge in [0.05, 0.1) is 0 Å². The van der Waals surface area contributed by atoms with E-state index in [1.54, 1.807) is 24.5 Å². The molecule has 0 saturated carbocycles. The fourth-order valence-electron chi connectivity index (χ4n) is 2.08. The number of carbonyl (C=O) groups excluding carboxylic acids is 1. The van der Waals surface area contributed by atoms with Crippen LogP contribution in [0.2, 0.25) is 0 Å². The first-order valence-corrected chi connectivity index (χ1v) is 7.29. The molecule has 2 aromatic carbocycles. The predicted octanol–water partition coefficient (Wildman–Crippen LogP) is 4.33. The fraction of sp³-hybridized carbons (Fsp3) is 0.0526. The van der Waals surface area contributed by atoms with E-state index in [-0.39, 0.29) is 18.3 Å². The molecule has 0 spiro atoms. The molecule has 1 heterocycles. The van der Waals surface area contributed by atoms with E-state index >= 15 is 0 Å². The van der Waals surface area contributed by atoms with E-state index in [1.807, 2.05) is 54.6 Å². The topological polar surface area (TPSA) is 51.2 Å². The highest BCUT2D eigenvalue weighted by Crippen LogP contribution is 2.17. The molecule has 3 rings (SSSR count). The van der Waals surface area contributed by atoms with Gasteiger partial charge in [-0.25, -0.2) is 0 Å². The Morgan fingerprint density at radius 1 is 0.917 bits per heavy atom. The monoisotopic (exact) mass is 340 g/mol. The number of halogens is 1. The number of anilines is 1. The third-order valence-electron chi connectivity index (χ3n) is 3.30. The highest BCUT2D eigenvalue weighted by Gasteiger charge is 2.05. The Bertz CT molecular complexity index is 762. The molecule has 5 heteroatoms. The molecule has 0 aliphatic carbocycles. The van der Waals surface area contributed by atoms with Gasteiger partial charge in [0.25, 0.3) is 5.91 Å². The molecule has 0 saturated heterocycles. The molecule has 4 nitrogen and oxygen atoms in total. The van der Waals surface area contributed by atoms with E-state index < -0.39 is 0 Å². The van der Waals surface area contributed by atoms with Crippen LogP contribution >= 0.6 is 12.4 Å². The molecule has 0 aliphatic rings. The van der Waals surface area contributed by atoms with Crippen molar-refractivity contribution in [3.05, 3.63) is 90.3 Å². The van der Waals surface area contributed by atoms with Gasteiger partial charge in [0.1, 0.15) is 12.4 Å². The SMILES string of the molecule is Cl.O=C(Nc1ccc(OCc2ccccc2)cc1)c1ccncc1. The number of hydrogen-bond donors (Lipinski definition) is 1. The van der Waals surface area contributed by atoms with E-state index in [9.17, 15) is 4.79 Å². The van der Waals surface area contributed by atoms with Crippen LogP contribution < -0.4 is 10.1 Å². The molecular weight excluding hydrogens is 324 g/mol. The quantitative estimate of drug-likeness (QED) is 0.752. The van der Waals surface area contributed by atoms with Crippen molar-refractivity contribution < 1.29 is 9.53 Å². The number of carbonyl (C=O) groups is 1. The molecule has 122 valence electrons. The lowest BCUT2D eigenvalue weighted by molar-refractivity contribution is 0.102. The zero-order valence-electron chi connectivity index (χ0n) is 12.9. The zero-order valence-corrected chi connectivity index (χ0v) is 13.7. The molecule has 0 unspecified atom stereocenters. The maximum atomic E-state index is 12.0. The molecule has 24 heavy (non-hydrogen) atoms. The van der Waals surface area contributed by atoms with Crippen LogP contribution in [0, 0.1) is 0 Å². The van der Waals surface area contributed by atoms with E-state index in [0.29, 0.717) is 12.2 Å². The standard InChI is InChI=1S/C19H16N2O2.ClH/c22-19(16-10-12-20-13-11-16)21-17-6-8-18(9-7-17)23-14-15-4-2-1-3-5-15;/h1-13H,14H2,(H,21,22);1H. The van der Waals surface area contributed by atoms with Crippen LogP contribution in [-0.2, 0) is 6.61 Å². The number of amides is 1. The first-order valence-electron chi connectivity index (χ1n) is 7.29. The second-order valence-corrected chi connectivity index (χ2v) is 4.99. The van der Waals surface area contributed by atoms with Crippen LogP contribution in [0.5, 0.6) is 5.75 Å². The van der Waals surface area contributed by atoms with Crippen molar-refractivity contribution in [3.8, 4) is 5.75 Å². The van der Waals surface area contributed by atoms with Crippen LogP contribution in [0.25, 0.3) is 0 Å². The van der Waals surface area contributed by atoms with Crippen LogP contribution in [-0.4, -0.2) is 10.9 Å². The Kier molecular flexibility index (Phi) is 6.34. The van der Waals surface area contributed by atoms with Gasteiger partial charge >= 0.3 is 0 Å². The van der Waals surface area contributed by atoms with Crippen molar-refractivity contribution >= 4 is 24.0 Å². The first-order chi connectivity index (χ1) is 11.3. The summed E-state index contributed by atoms with van der Waals surface area (Å²) in [6.07, 6.45) is 3.19. The summed E-state index contributed by atoms with van der Waals surface area (Å²) in [7, 11) is 0. The molecule has 0 atom stereocenters. The molecule has 0 fully saturated rings. The van der Waals surface area contributed by atoms with Crippen molar-refractivity contribution in [3.63, 3.8) is 0 Å². The number of hydrogen-bond acceptors (Lipinski definition) is 3. The van der Waals surface area contributed by atoms with Crippen molar-refractivity contribution in [1.82, 2.24) is 4.98 Å². The van der Waals surface area contributed by atoms with E-state index in [4.69, 9.17) is 4.74 Å². The summed E-state index contributed by atoms with van der Waals surface area (Å²) in [6.45, 7) is 0.517. The maximum Gasteiger partial charge on any atom is 0.255 e. The van der Waals surface area contributed by atoms with Gasteiger partial charge in [0.2, 0.25) is 0 Å². The minimum Gasteiger partial charge on any atom is -0.489 e. The van der Waals surface area contributed by atoms with Crippen molar-refractivity contribution in [2.24, 2.45) is 0 Å². The predicted molar refractivity (Wildman–Crippen MR) is 96.7 cm³/mol. The number of aromatic nitrogens is 1. The van der Waals surface area contributed by atoms with Crippen LogP contribution in [0.1, 0.15) is 15.9 Å². The molecule has 3 aromatic rings. The van der Waals surface area contributed by atoms with Gasteiger partial charge in [-0.15, -0.1) is 12.4 Å². The number of nitrogens with zero attached hydrogens (tertiary/aromatic N) is 1. The lowest BCUT2D eigenvalue weighted by atomic mass is 10.2. The van der Waals surface area contributed by atoms with Gasteiger partial charge in [0.15, 0.2) is 0 Å². The van der Waals surface area contributed by atoms with Crippen LogP contribution in [0.15, 0.2) is 79.1 Å². The van der Waals surface area contributed by atoms with Crippen LogP contribution in [0.4, 0.5) is 5.69 Å². The van der Waals surface area contributed by atoms with Crippen molar-refractivity contribution in [2.45, 2.75) is 6.61 Å². The van der Waals surface area contributed by atoms with Crippen LogP contribution in [0.3, 0.4) is 0 Å². The number of nitrogens with one attached hydrogen (secondary N) is 1. The average Bonchev–Trinajstić information content (AvgIpc) is 2.63. The van der Waals surface area contributed by atoms with E-state index in [0.717, 1.165) is 17.0 Å². The summed E-state index contributed by atoms with van der Waals surface area (Å²) in [5.41, 5.74) is 2.41. The number of rotatable bonds is 5. The summed E-state index contributed by atoms with van der Waals surface area (Å²) in [5.74, 6) is 0.598. The molecule has 1 aromatic heterocycles. The first kappa shape index (κ1) is 17.5. The Balaban J connectivity index is 0.00000208. The highest BCUT2D eigenvalue weighted by atomic mass is 35.5. The second-order valence-electron chi connectivity index (χ2n) is 4.99. The van der Waals surface area contributed by atoms with Gasteiger partial charge < -0.3 is 10.1 Å². The second kappa shape index (κ2) is 8.70. The molecule has 1 amide bonds. The molecule has 0 bridgehead atoms. The maximum absolute atomic E-state index is 12.0. The summed E-state index contributed by atoms with van der Waals surface area (Å²) < 4.78 is 5.72. The minimum absolute atomic E-state index is 0. The van der Waals surface area contributed by atoms with E-state index in [1.165, 1.54) is 0 Å². The number of pyridine rings is 1. The smallest absolute Gasteiger partial charge is 0.255 e. The van der Waals surface area contributed by atoms with Crippen molar-refractivity contribution in [1.29, 1.82) is 0 Å². The zero-order chi connectivity index (χ0) is 15.9. The Hall–Kier alpha value is -2.85. The molecule has 1 N–H and O–H groups in total. The summed E-state index contributed by atoms with van der Waals surface area (Å²) >= 11 is 0. The Labute approximate surface area is 146 Å². The van der Waals surface area contributed by atoms with Gasteiger partial charge in [0, 0.05) is 23.6 Å². The Morgan fingerprint density at radius 3 is 2.25 bits per heavy atom. The Morgan fingerprint density at radius 2 is 1.58 bits per heavy atom. The summed E-state index contributed by atoms with van der Waals surface area (Å²) in [5, 5.41) is 2.84. The highest BCUT2D eigenvalue weighted by molar-refractivity contribution is 6.04. The third-order valence-corrected chi connectivity index (χ3v) is 3.30. The van der Waals surface area contributed by atoms with E-state index in [2.05, 4.69) is 10.3 Å². The van der Waals surface area contributed by atoms with Gasteiger partial charge in [-0.2, -0.15) is 0 Å². The van der Waals surface area contributed by atoms with Gasteiger partial charge in [-0.3, -0.25) is 9.78 Å². The number of benzene rings is 2. The third kappa shape index (κ3) is 4.83. The van der Waals surface area contributed by atoms with Crippen molar-refractivity contribution in [2.75, 3.05) is 5.32 Å². The molecule has 0 aliphatic heterocycles. The number of ether oxygens (including phenoxy) is 1. The summed E-state index contributed by atoms with van der Waals surface area (Å²) in [4.78, 5) is 15.9. The lowest BCUT2D eigenvalue weighted by Crippen LogP contribution is -2.11. The molecular formula is C19H17ClN2O2. The lowest BCUT2D eigenvalue weighted by Gasteiger charge is -2.08. The largest absolute Gasteiger partial charge is 0.489 e.